The van der Waals surface area contributed by atoms with E-state index in [4.69, 9.17) is 0 Å². The molecular formula is C13H12N2O3. The van der Waals surface area contributed by atoms with Crippen LogP contribution in [0.4, 0.5) is 4.79 Å². The zero-order valence-corrected chi connectivity index (χ0v) is 9.80. The Labute approximate surface area is 103 Å². The molecule has 5 nitrogen and oxygen atoms in total. The average Bonchev–Trinajstić information content (AvgIpc) is 2.68. The molecule has 0 radical (unpaired) electrons. The first-order chi connectivity index (χ1) is 8.61. The molecule has 0 saturated heterocycles. The van der Waals surface area contributed by atoms with Crippen molar-refractivity contribution in [1.29, 1.82) is 0 Å². The Morgan fingerprint density at radius 1 is 1.44 bits per heavy atom. The monoisotopic (exact) mass is 244 g/mol. The van der Waals surface area contributed by atoms with Crippen molar-refractivity contribution < 1.29 is 14.7 Å². The van der Waals surface area contributed by atoms with Crippen molar-refractivity contribution in [2.45, 2.75) is 19.5 Å². The maximum atomic E-state index is 12.2. The summed E-state index contributed by atoms with van der Waals surface area (Å²) in [5, 5.41) is 13.0. The molecular weight excluding hydrogens is 232 g/mol. The van der Waals surface area contributed by atoms with Crippen molar-refractivity contribution in [2.24, 2.45) is 0 Å². The Balaban J connectivity index is 2.43. The number of Topliss-reactive ketones (excluding diaryl/α,β-unsaturated/α-hetero) is 1. The van der Waals surface area contributed by atoms with Crippen LogP contribution in [0.5, 0.6) is 0 Å². The number of nitrogens with zero attached hydrogens (tertiary/aromatic N) is 1. The van der Waals surface area contributed by atoms with Crippen LogP contribution in [0.3, 0.4) is 0 Å². The standard InChI is InChI=1S/C13H12N2O3/c1-7-12(16)11-8-4-2-3-5-9(8)15(13(17)18)10(11)6-14-7/h2-5,7,14H,6H2,1H3,(H,17,18). The van der Waals surface area contributed by atoms with Gasteiger partial charge < -0.3 is 10.4 Å². The molecule has 92 valence electrons. The second-order valence-corrected chi connectivity index (χ2v) is 4.42. The first-order valence-corrected chi connectivity index (χ1v) is 5.74. The molecule has 5 heteroatoms. The van der Waals surface area contributed by atoms with Gasteiger partial charge in [-0.05, 0) is 13.0 Å². The van der Waals surface area contributed by atoms with E-state index >= 15 is 0 Å². The predicted octanol–water partition coefficient (Wildman–Crippen LogP) is 1.84. The van der Waals surface area contributed by atoms with Crippen molar-refractivity contribution in [3.63, 3.8) is 0 Å². The lowest BCUT2D eigenvalue weighted by Gasteiger charge is -2.20. The number of hydrogen-bond donors (Lipinski definition) is 2. The number of rotatable bonds is 0. The minimum absolute atomic E-state index is 0.0487. The highest BCUT2D eigenvalue weighted by atomic mass is 16.4. The SMILES string of the molecule is CC1NCc2c(c3ccccc3n2C(=O)O)C1=O. The number of para-hydroxylation sites is 1. The Morgan fingerprint density at radius 2 is 2.17 bits per heavy atom. The zero-order chi connectivity index (χ0) is 12.9. The Kier molecular flexibility index (Phi) is 2.24. The second kappa shape index (κ2) is 3.68. The summed E-state index contributed by atoms with van der Waals surface area (Å²) < 4.78 is 1.20. The number of nitrogens with one attached hydrogen (secondary N) is 1. The molecule has 1 aromatic heterocycles. The summed E-state index contributed by atoms with van der Waals surface area (Å²) in [7, 11) is 0. The van der Waals surface area contributed by atoms with E-state index in [-0.39, 0.29) is 11.8 Å². The van der Waals surface area contributed by atoms with Gasteiger partial charge in [0.15, 0.2) is 5.78 Å². The lowest BCUT2D eigenvalue weighted by molar-refractivity contribution is 0.0940. The number of benzene rings is 1. The van der Waals surface area contributed by atoms with E-state index in [1.807, 2.05) is 6.07 Å². The average molecular weight is 244 g/mol. The smallest absolute Gasteiger partial charge is 0.416 e. The number of carboxylic acid groups (broad SMARTS) is 1. The van der Waals surface area contributed by atoms with E-state index in [1.54, 1.807) is 25.1 Å². The van der Waals surface area contributed by atoms with Crippen molar-refractivity contribution in [2.75, 3.05) is 0 Å². The summed E-state index contributed by atoms with van der Waals surface area (Å²) >= 11 is 0. The normalized spacial score (nSPS) is 18.9. The Hall–Kier alpha value is -2.14. The topological polar surface area (TPSA) is 71.3 Å². The lowest BCUT2D eigenvalue weighted by Crippen LogP contribution is -2.39. The molecule has 1 aromatic carbocycles. The Bertz CT molecular complexity index is 672. The minimum atomic E-state index is -1.06. The van der Waals surface area contributed by atoms with Crippen LogP contribution in [-0.2, 0) is 6.54 Å². The van der Waals surface area contributed by atoms with Crippen LogP contribution in [0.25, 0.3) is 10.9 Å². The molecule has 2 aromatic rings. The number of carbonyl (C=O) groups excluding carboxylic acids is 1. The molecule has 0 spiro atoms. The van der Waals surface area contributed by atoms with Crippen LogP contribution in [0, 0.1) is 0 Å². The van der Waals surface area contributed by atoms with Gasteiger partial charge in [-0.25, -0.2) is 9.36 Å². The van der Waals surface area contributed by atoms with E-state index in [9.17, 15) is 14.7 Å². The molecule has 0 amide bonds. The molecule has 0 saturated carbocycles. The molecule has 1 aliphatic heterocycles. The van der Waals surface area contributed by atoms with Gasteiger partial charge in [-0.15, -0.1) is 0 Å². The fraction of sp³-hybridized carbons (Fsp3) is 0.231. The number of hydrogen-bond acceptors (Lipinski definition) is 3. The maximum Gasteiger partial charge on any atom is 0.416 e. The van der Waals surface area contributed by atoms with Gasteiger partial charge in [0.2, 0.25) is 0 Å². The highest BCUT2D eigenvalue weighted by Crippen LogP contribution is 2.29. The van der Waals surface area contributed by atoms with E-state index in [0.29, 0.717) is 28.7 Å². The van der Waals surface area contributed by atoms with Gasteiger partial charge in [-0.2, -0.15) is 0 Å². The van der Waals surface area contributed by atoms with Crippen LogP contribution >= 0.6 is 0 Å². The van der Waals surface area contributed by atoms with Crippen LogP contribution in [0.1, 0.15) is 23.0 Å². The van der Waals surface area contributed by atoms with Crippen LogP contribution in [0.2, 0.25) is 0 Å². The first-order valence-electron chi connectivity index (χ1n) is 5.74. The van der Waals surface area contributed by atoms with Gasteiger partial charge >= 0.3 is 6.09 Å². The van der Waals surface area contributed by atoms with E-state index < -0.39 is 6.09 Å². The third-order valence-electron chi connectivity index (χ3n) is 3.38. The number of carbonyl (C=O) groups is 2. The zero-order valence-electron chi connectivity index (χ0n) is 9.80. The number of ketones is 1. The lowest BCUT2D eigenvalue weighted by atomic mass is 9.98. The highest BCUT2D eigenvalue weighted by molar-refractivity contribution is 6.14. The number of aromatic nitrogens is 1. The van der Waals surface area contributed by atoms with Crippen LogP contribution in [-0.4, -0.2) is 27.6 Å². The maximum absolute atomic E-state index is 12.2. The van der Waals surface area contributed by atoms with Crippen molar-refractivity contribution in [3.8, 4) is 0 Å². The summed E-state index contributed by atoms with van der Waals surface area (Å²) in [6.45, 7) is 2.18. The minimum Gasteiger partial charge on any atom is -0.464 e. The molecule has 2 N–H and O–H groups in total. The molecule has 1 unspecified atom stereocenters. The third-order valence-corrected chi connectivity index (χ3v) is 3.38. The van der Waals surface area contributed by atoms with Gasteiger partial charge in [0.1, 0.15) is 0 Å². The van der Waals surface area contributed by atoms with Crippen molar-refractivity contribution >= 4 is 22.8 Å². The number of fused-ring (bicyclic) bond motifs is 3. The molecule has 1 aliphatic rings. The van der Waals surface area contributed by atoms with E-state index in [2.05, 4.69) is 5.32 Å². The van der Waals surface area contributed by atoms with Gasteiger partial charge in [0.05, 0.1) is 17.3 Å². The molecule has 2 heterocycles. The van der Waals surface area contributed by atoms with E-state index in [0.717, 1.165) is 0 Å². The second-order valence-electron chi connectivity index (χ2n) is 4.42. The quantitative estimate of drug-likeness (QED) is 0.741. The Morgan fingerprint density at radius 3 is 2.89 bits per heavy atom. The van der Waals surface area contributed by atoms with Gasteiger partial charge in [-0.1, -0.05) is 18.2 Å². The summed E-state index contributed by atoms with van der Waals surface area (Å²) in [5.74, 6) is -0.0487. The molecule has 0 aliphatic carbocycles. The van der Waals surface area contributed by atoms with Gasteiger partial charge in [-0.3, -0.25) is 4.79 Å². The summed E-state index contributed by atoms with van der Waals surface area (Å²) in [4.78, 5) is 23.6. The molecule has 3 rings (SSSR count). The fourth-order valence-electron chi connectivity index (χ4n) is 2.51. The van der Waals surface area contributed by atoms with Crippen molar-refractivity contribution in [1.82, 2.24) is 9.88 Å². The largest absolute Gasteiger partial charge is 0.464 e. The molecule has 0 bridgehead atoms. The van der Waals surface area contributed by atoms with E-state index in [1.165, 1.54) is 4.57 Å². The first kappa shape index (κ1) is 11.0. The predicted molar refractivity (Wildman–Crippen MR) is 66.0 cm³/mol. The van der Waals surface area contributed by atoms with Crippen LogP contribution in [0.15, 0.2) is 24.3 Å². The molecule has 1 atom stereocenters. The summed E-state index contributed by atoms with van der Waals surface area (Å²) in [6.07, 6.45) is -1.06. The fourth-order valence-corrected chi connectivity index (χ4v) is 2.51. The van der Waals surface area contributed by atoms with Gasteiger partial charge in [0.25, 0.3) is 0 Å². The summed E-state index contributed by atoms with van der Waals surface area (Å²) in [5.41, 5.74) is 1.64. The van der Waals surface area contributed by atoms with Crippen molar-refractivity contribution in [3.05, 3.63) is 35.5 Å². The molecule has 0 fully saturated rings. The summed E-state index contributed by atoms with van der Waals surface area (Å²) in [6, 6.07) is 6.83. The molecule has 18 heavy (non-hydrogen) atoms. The van der Waals surface area contributed by atoms with Gasteiger partial charge in [0, 0.05) is 17.5 Å². The highest BCUT2D eigenvalue weighted by Gasteiger charge is 2.31. The van der Waals surface area contributed by atoms with Crippen LogP contribution < -0.4 is 5.32 Å². The third kappa shape index (κ3) is 1.31.